The number of aromatic amines is 1. The third-order valence-corrected chi connectivity index (χ3v) is 2.19. The summed E-state index contributed by atoms with van der Waals surface area (Å²) >= 11 is 0. The smallest absolute Gasteiger partial charge is 0.282 e. The lowest BCUT2D eigenvalue weighted by Gasteiger charge is -1.95. The van der Waals surface area contributed by atoms with Gasteiger partial charge in [0.05, 0.1) is 6.21 Å². The SMILES string of the molecule is Cc1cc(C(=O)N/N=C\c2ccc(F)cc2)n[nH]1. The second-order valence-corrected chi connectivity index (χ2v) is 3.69. The number of H-pyrrole nitrogens is 1. The zero-order valence-electron chi connectivity index (χ0n) is 9.64. The van der Waals surface area contributed by atoms with Crippen LogP contribution < -0.4 is 5.43 Å². The Balaban J connectivity index is 1.95. The van der Waals surface area contributed by atoms with E-state index in [0.717, 1.165) is 5.69 Å². The van der Waals surface area contributed by atoms with Crippen molar-refractivity contribution in [3.63, 3.8) is 0 Å². The Morgan fingerprint density at radius 1 is 1.44 bits per heavy atom. The number of aromatic nitrogens is 2. The average molecular weight is 246 g/mol. The minimum Gasteiger partial charge on any atom is -0.282 e. The molecule has 0 atom stereocenters. The van der Waals surface area contributed by atoms with E-state index in [1.54, 1.807) is 25.1 Å². The molecule has 1 heterocycles. The van der Waals surface area contributed by atoms with Crippen LogP contribution >= 0.6 is 0 Å². The quantitative estimate of drug-likeness (QED) is 0.638. The van der Waals surface area contributed by atoms with E-state index in [9.17, 15) is 9.18 Å². The number of carbonyl (C=O) groups is 1. The second kappa shape index (κ2) is 5.22. The molecule has 0 spiro atoms. The summed E-state index contributed by atoms with van der Waals surface area (Å²) in [5, 5.41) is 10.2. The Hall–Kier alpha value is -2.50. The molecular formula is C12H11FN4O. The molecule has 0 unspecified atom stereocenters. The molecule has 1 aromatic carbocycles. The Kier molecular flexibility index (Phi) is 3.47. The van der Waals surface area contributed by atoms with Crippen LogP contribution in [0.1, 0.15) is 21.7 Å². The first-order valence-electron chi connectivity index (χ1n) is 5.26. The van der Waals surface area contributed by atoms with Gasteiger partial charge in [-0.3, -0.25) is 9.89 Å². The summed E-state index contributed by atoms with van der Waals surface area (Å²) < 4.78 is 12.6. The molecule has 6 heteroatoms. The van der Waals surface area contributed by atoms with Gasteiger partial charge < -0.3 is 0 Å². The molecule has 1 aromatic heterocycles. The predicted molar refractivity (Wildman–Crippen MR) is 64.8 cm³/mol. The topological polar surface area (TPSA) is 70.1 Å². The maximum Gasteiger partial charge on any atom is 0.291 e. The third kappa shape index (κ3) is 3.00. The molecule has 2 N–H and O–H groups in total. The fourth-order valence-electron chi connectivity index (χ4n) is 1.31. The van der Waals surface area contributed by atoms with Gasteiger partial charge in [0, 0.05) is 5.69 Å². The number of hydrogen-bond donors (Lipinski definition) is 2. The monoisotopic (exact) mass is 246 g/mol. The van der Waals surface area contributed by atoms with Crippen LogP contribution in [0.2, 0.25) is 0 Å². The van der Waals surface area contributed by atoms with Crippen molar-refractivity contribution >= 4 is 12.1 Å². The number of carbonyl (C=O) groups excluding carboxylic acids is 1. The number of hydrazone groups is 1. The van der Waals surface area contributed by atoms with Crippen molar-refractivity contribution in [3.05, 3.63) is 53.1 Å². The van der Waals surface area contributed by atoms with Crippen LogP contribution in [0.4, 0.5) is 4.39 Å². The third-order valence-electron chi connectivity index (χ3n) is 2.19. The molecule has 0 saturated carbocycles. The number of nitrogens with zero attached hydrogens (tertiary/aromatic N) is 2. The molecule has 2 rings (SSSR count). The molecule has 0 aliphatic rings. The zero-order chi connectivity index (χ0) is 13.0. The van der Waals surface area contributed by atoms with Gasteiger partial charge in [-0.25, -0.2) is 9.82 Å². The lowest BCUT2D eigenvalue weighted by Crippen LogP contribution is -2.17. The molecule has 5 nitrogen and oxygen atoms in total. The van der Waals surface area contributed by atoms with Gasteiger partial charge in [0.25, 0.3) is 5.91 Å². The predicted octanol–water partition coefficient (Wildman–Crippen LogP) is 1.62. The number of amides is 1. The summed E-state index contributed by atoms with van der Waals surface area (Å²) in [5.41, 5.74) is 4.08. The van der Waals surface area contributed by atoms with Crippen LogP contribution in [0.25, 0.3) is 0 Å². The highest BCUT2D eigenvalue weighted by atomic mass is 19.1. The average Bonchev–Trinajstić information content (AvgIpc) is 2.78. The summed E-state index contributed by atoms with van der Waals surface area (Å²) in [6.45, 7) is 1.80. The van der Waals surface area contributed by atoms with E-state index in [-0.39, 0.29) is 11.5 Å². The standard InChI is InChI=1S/C12H11FN4O/c1-8-6-11(16-15-8)12(18)17-14-7-9-2-4-10(13)5-3-9/h2-7H,1H3,(H,15,16)(H,17,18)/b14-7-. The summed E-state index contributed by atoms with van der Waals surface area (Å²) in [6.07, 6.45) is 1.43. The van der Waals surface area contributed by atoms with Crippen molar-refractivity contribution in [1.82, 2.24) is 15.6 Å². The minimum atomic E-state index is -0.405. The van der Waals surface area contributed by atoms with E-state index < -0.39 is 5.91 Å². The zero-order valence-corrected chi connectivity index (χ0v) is 9.64. The van der Waals surface area contributed by atoms with Crippen molar-refractivity contribution in [1.29, 1.82) is 0 Å². The Morgan fingerprint density at radius 3 is 2.78 bits per heavy atom. The van der Waals surface area contributed by atoms with E-state index in [1.807, 2.05) is 0 Å². The van der Waals surface area contributed by atoms with Crippen molar-refractivity contribution < 1.29 is 9.18 Å². The Bertz CT molecular complexity index is 574. The van der Waals surface area contributed by atoms with Crippen LogP contribution in [-0.2, 0) is 0 Å². The van der Waals surface area contributed by atoms with Crippen molar-refractivity contribution in [2.75, 3.05) is 0 Å². The van der Waals surface area contributed by atoms with Gasteiger partial charge in [0.15, 0.2) is 5.69 Å². The highest BCUT2D eigenvalue weighted by molar-refractivity contribution is 5.93. The summed E-state index contributed by atoms with van der Waals surface area (Å²) in [7, 11) is 0. The fourth-order valence-corrected chi connectivity index (χ4v) is 1.31. The maximum absolute atomic E-state index is 12.6. The van der Waals surface area contributed by atoms with Crippen LogP contribution in [0.3, 0.4) is 0 Å². The van der Waals surface area contributed by atoms with E-state index in [0.29, 0.717) is 5.56 Å². The summed E-state index contributed by atoms with van der Waals surface area (Å²) in [5.74, 6) is -0.721. The van der Waals surface area contributed by atoms with E-state index in [2.05, 4.69) is 20.7 Å². The molecule has 92 valence electrons. The molecule has 0 aliphatic carbocycles. The molecule has 18 heavy (non-hydrogen) atoms. The summed E-state index contributed by atoms with van der Waals surface area (Å²) in [4.78, 5) is 11.5. The largest absolute Gasteiger partial charge is 0.291 e. The number of halogens is 1. The molecule has 0 bridgehead atoms. The van der Waals surface area contributed by atoms with Gasteiger partial charge >= 0.3 is 0 Å². The van der Waals surface area contributed by atoms with Crippen molar-refractivity contribution in [3.8, 4) is 0 Å². The first-order chi connectivity index (χ1) is 8.65. The fraction of sp³-hybridized carbons (Fsp3) is 0.0833. The van der Waals surface area contributed by atoms with Gasteiger partial charge in [-0.05, 0) is 30.7 Å². The molecule has 0 fully saturated rings. The van der Waals surface area contributed by atoms with Crippen LogP contribution in [0.5, 0.6) is 0 Å². The number of aryl methyl sites for hydroxylation is 1. The lowest BCUT2D eigenvalue weighted by molar-refractivity contribution is 0.0950. The Labute approximate surface area is 103 Å². The molecule has 2 aromatic rings. The van der Waals surface area contributed by atoms with Gasteiger partial charge in [-0.15, -0.1) is 0 Å². The van der Waals surface area contributed by atoms with E-state index in [4.69, 9.17) is 0 Å². The number of rotatable bonds is 3. The maximum atomic E-state index is 12.6. The molecule has 0 saturated heterocycles. The molecule has 0 aliphatic heterocycles. The van der Waals surface area contributed by atoms with E-state index in [1.165, 1.54) is 18.3 Å². The number of benzene rings is 1. The van der Waals surface area contributed by atoms with Gasteiger partial charge in [0.2, 0.25) is 0 Å². The Morgan fingerprint density at radius 2 is 2.17 bits per heavy atom. The normalized spacial score (nSPS) is 10.8. The van der Waals surface area contributed by atoms with Crippen molar-refractivity contribution in [2.24, 2.45) is 5.10 Å². The molecule has 1 amide bonds. The number of nitrogens with one attached hydrogen (secondary N) is 2. The van der Waals surface area contributed by atoms with Gasteiger partial charge in [0.1, 0.15) is 5.82 Å². The second-order valence-electron chi connectivity index (χ2n) is 3.69. The van der Waals surface area contributed by atoms with Crippen LogP contribution in [0, 0.1) is 12.7 Å². The summed E-state index contributed by atoms with van der Waals surface area (Å²) in [6, 6.07) is 7.37. The van der Waals surface area contributed by atoms with Gasteiger partial charge in [-0.1, -0.05) is 12.1 Å². The highest BCUT2D eigenvalue weighted by Crippen LogP contribution is 2.00. The van der Waals surface area contributed by atoms with E-state index >= 15 is 0 Å². The first-order valence-corrected chi connectivity index (χ1v) is 5.26. The first kappa shape index (κ1) is 12.0. The highest BCUT2D eigenvalue weighted by Gasteiger charge is 2.07. The van der Waals surface area contributed by atoms with Crippen LogP contribution in [0.15, 0.2) is 35.4 Å². The minimum absolute atomic E-state index is 0.267. The van der Waals surface area contributed by atoms with Gasteiger partial charge in [-0.2, -0.15) is 10.2 Å². The molecular weight excluding hydrogens is 235 g/mol. The van der Waals surface area contributed by atoms with Crippen LogP contribution in [-0.4, -0.2) is 22.3 Å². The lowest BCUT2D eigenvalue weighted by atomic mass is 10.2. The molecule has 0 radical (unpaired) electrons. The van der Waals surface area contributed by atoms with Crippen molar-refractivity contribution in [2.45, 2.75) is 6.92 Å². The number of hydrogen-bond acceptors (Lipinski definition) is 3.